The minimum atomic E-state index is 0.905. The summed E-state index contributed by atoms with van der Waals surface area (Å²) in [5.74, 6) is 1.97. The molecule has 116 valence electrons. The number of nitrogens with zero attached hydrogens (tertiary/aromatic N) is 4. The molecular weight excluding hydrogens is 276 g/mol. The van der Waals surface area contributed by atoms with Crippen LogP contribution in [0, 0.1) is 13.8 Å². The van der Waals surface area contributed by atoms with Crippen LogP contribution in [0.5, 0.6) is 5.75 Å². The third-order valence-electron chi connectivity index (χ3n) is 4.31. The first kappa shape index (κ1) is 14.6. The molecule has 0 aliphatic carbocycles. The molecule has 22 heavy (non-hydrogen) atoms. The van der Waals surface area contributed by atoms with E-state index in [9.17, 15) is 0 Å². The van der Waals surface area contributed by atoms with Crippen LogP contribution in [0.15, 0.2) is 30.6 Å². The molecule has 1 aromatic carbocycles. The van der Waals surface area contributed by atoms with Crippen molar-refractivity contribution in [3.8, 4) is 5.75 Å². The fourth-order valence-electron chi connectivity index (χ4n) is 2.83. The first-order valence-electron chi connectivity index (χ1n) is 7.61. The summed E-state index contributed by atoms with van der Waals surface area (Å²) in [5.41, 5.74) is 3.45. The Morgan fingerprint density at radius 2 is 1.73 bits per heavy atom. The van der Waals surface area contributed by atoms with Gasteiger partial charge in [0.1, 0.15) is 17.9 Å². The van der Waals surface area contributed by atoms with Crippen molar-refractivity contribution in [1.29, 1.82) is 0 Å². The molecule has 2 heterocycles. The van der Waals surface area contributed by atoms with E-state index in [0.29, 0.717) is 0 Å². The zero-order valence-electron chi connectivity index (χ0n) is 13.4. The fourth-order valence-corrected chi connectivity index (χ4v) is 2.83. The van der Waals surface area contributed by atoms with Crippen LogP contribution < -0.4 is 14.5 Å². The van der Waals surface area contributed by atoms with Gasteiger partial charge in [0.15, 0.2) is 0 Å². The van der Waals surface area contributed by atoms with Crippen LogP contribution in [0.3, 0.4) is 0 Å². The lowest BCUT2D eigenvalue weighted by Gasteiger charge is -2.37. The highest BCUT2D eigenvalue weighted by molar-refractivity contribution is 5.54. The molecule has 0 amide bonds. The Morgan fingerprint density at radius 3 is 2.45 bits per heavy atom. The lowest BCUT2D eigenvalue weighted by Crippen LogP contribution is -2.47. The number of rotatable bonds is 3. The fraction of sp³-hybridized carbons (Fsp3) is 0.412. The average molecular weight is 298 g/mol. The molecule has 5 nitrogen and oxygen atoms in total. The number of piperazine rings is 1. The van der Waals surface area contributed by atoms with Crippen LogP contribution in [0.1, 0.15) is 11.3 Å². The van der Waals surface area contributed by atoms with Gasteiger partial charge in [-0.1, -0.05) is 6.07 Å². The lowest BCUT2D eigenvalue weighted by molar-refractivity contribution is 0.414. The van der Waals surface area contributed by atoms with E-state index < -0.39 is 0 Å². The van der Waals surface area contributed by atoms with E-state index in [1.807, 2.05) is 19.1 Å². The van der Waals surface area contributed by atoms with Crippen LogP contribution in [0.2, 0.25) is 0 Å². The van der Waals surface area contributed by atoms with Gasteiger partial charge < -0.3 is 14.5 Å². The van der Waals surface area contributed by atoms with Crippen molar-refractivity contribution in [3.63, 3.8) is 0 Å². The van der Waals surface area contributed by atoms with Crippen molar-refractivity contribution >= 4 is 11.5 Å². The smallest absolute Gasteiger partial charge is 0.135 e. The molecule has 0 bridgehead atoms. The first-order chi connectivity index (χ1) is 10.7. The molecule has 3 rings (SSSR count). The van der Waals surface area contributed by atoms with Crippen molar-refractivity contribution in [2.45, 2.75) is 13.8 Å². The third kappa shape index (κ3) is 2.84. The molecule has 0 N–H and O–H groups in total. The Kier molecular flexibility index (Phi) is 4.13. The molecule has 1 aliphatic heterocycles. The highest BCUT2D eigenvalue weighted by atomic mass is 16.5. The Bertz CT molecular complexity index is 651. The molecule has 0 radical (unpaired) electrons. The molecule has 0 atom stereocenters. The number of benzene rings is 1. The number of anilines is 2. The number of hydrogen-bond donors (Lipinski definition) is 0. The van der Waals surface area contributed by atoms with Gasteiger partial charge in [-0.05, 0) is 26.0 Å². The summed E-state index contributed by atoms with van der Waals surface area (Å²) in [6, 6.07) is 8.25. The molecule has 1 aliphatic rings. The van der Waals surface area contributed by atoms with Crippen molar-refractivity contribution in [1.82, 2.24) is 9.97 Å². The van der Waals surface area contributed by atoms with E-state index in [0.717, 1.165) is 43.4 Å². The van der Waals surface area contributed by atoms with Crippen LogP contribution >= 0.6 is 0 Å². The second kappa shape index (κ2) is 6.22. The van der Waals surface area contributed by atoms with Crippen molar-refractivity contribution < 1.29 is 4.74 Å². The minimum absolute atomic E-state index is 0.905. The van der Waals surface area contributed by atoms with Gasteiger partial charge in [0, 0.05) is 49.2 Å². The quantitative estimate of drug-likeness (QED) is 0.870. The van der Waals surface area contributed by atoms with Gasteiger partial charge in [0.25, 0.3) is 0 Å². The second-order valence-corrected chi connectivity index (χ2v) is 5.58. The Balaban J connectivity index is 1.71. The van der Waals surface area contributed by atoms with Gasteiger partial charge in [-0.15, -0.1) is 0 Å². The maximum atomic E-state index is 5.31. The molecule has 1 aromatic heterocycles. The van der Waals surface area contributed by atoms with Gasteiger partial charge >= 0.3 is 0 Å². The summed E-state index contributed by atoms with van der Waals surface area (Å²) in [7, 11) is 1.71. The number of methoxy groups -OCH3 is 1. The van der Waals surface area contributed by atoms with Gasteiger partial charge in [-0.25, -0.2) is 9.97 Å². The van der Waals surface area contributed by atoms with Gasteiger partial charge in [-0.3, -0.25) is 0 Å². The Labute approximate surface area is 131 Å². The summed E-state index contributed by atoms with van der Waals surface area (Å²) in [6.45, 7) is 8.03. The molecular formula is C17H22N4O. The van der Waals surface area contributed by atoms with Gasteiger partial charge in [-0.2, -0.15) is 0 Å². The molecule has 0 spiro atoms. The summed E-state index contributed by atoms with van der Waals surface area (Å²) in [6.07, 6.45) is 1.66. The molecule has 5 heteroatoms. The van der Waals surface area contributed by atoms with Crippen LogP contribution in [0.4, 0.5) is 11.5 Å². The number of aryl methyl sites for hydroxylation is 1. The highest BCUT2D eigenvalue weighted by Gasteiger charge is 2.20. The largest absolute Gasteiger partial charge is 0.497 e. The summed E-state index contributed by atoms with van der Waals surface area (Å²) < 4.78 is 5.31. The topological polar surface area (TPSA) is 41.5 Å². The zero-order valence-corrected chi connectivity index (χ0v) is 13.4. The van der Waals surface area contributed by atoms with Crippen LogP contribution in [-0.2, 0) is 0 Å². The van der Waals surface area contributed by atoms with Gasteiger partial charge in [0.2, 0.25) is 0 Å². The third-order valence-corrected chi connectivity index (χ3v) is 4.31. The molecule has 0 unspecified atom stereocenters. The first-order valence-corrected chi connectivity index (χ1v) is 7.61. The van der Waals surface area contributed by atoms with Crippen molar-refractivity contribution in [3.05, 3.63) is 41.9 Å². The lowest BCUT2D eigenvalue weighted by atomic mass is 10.2. The monoisotopic (exact) mass is 298 g/mol. The number of aromatic nitrogens is 2. The summed E-state index contributed by atoms with van der Waals surface area (Å²) >= 11 is 0. The summed E-state index contributed by atoms with van der Waals surface area (Å²) in [4.78, 5) is 13.5. The molecule has 0 saturated carbocycles. The van der Waals surface area contributed by atoms with E-state index in [2.05, 4.69) is 38.8 Å². The van der Waals surface area contributed by atoms with E-state index in [1.54, 1.807) is 13.4 Å². The normalized spacial score (nSPS) is 15.0. The highest BCUT2D eigenvalue weighted by Crippen LogP contribution is 2.24. The van der Waals surface area contributed by atoms with E-state index in [4.69, 9.17) is 4.74 Å². The molecule has 1 fully saturated rings. The summed E-state index contributed by atoms with van der Waals surface area (Å²) in [5, 5.41) is 0. The van der Waals surface area contributed by atoms with E-state index in [1.165, 1.54) is 11.3 Å². The maximum absolute atomic E-state index is 5.31. The van der Waals surface area contributed by atoms with Gasteiger partial charge in [0.05, 0.1) is 7.11 Å². The minimum Gasteiger partial charge on any atom is -0.497 e. The Hall–Kier alpha value is -2.30. The standard InChI is InChI=1S/C17H22N4O/c1-13-14(2)18-12-19-17(13)21-9-7-20(8-10-21)15-5-4-6-16(11-15)22-3/h4-6,11-12H,7-10H2,1-3H3. The van der Waals surface area contributed by atoms with E-state index >= 15 is 0 Å². The van der Waals surface area contributed by atoms with Crippen molar-refractivity contribution in [2.24, 2.45) is 0 Å². The van der Waals surface area contributed by atoms with E-state index in [-0.39, 0.29) is 0 Å². The molecule has 1 saturated heterocycles. The van der Waals surface area contributed by atoms with Crippen LogP contribution in [-0.4, -0.2) is 43.3 Å². The average Bonchev–Trinajstić information content (AvgIpc) is 2.58. The second-order valence-electron chi connectivity index (χ2n) is 5.58. The predicted molar refractivity (Wildman–Crippen MR) is 88.9 cm³/mol. The predicted octanol–water partition coefficient (Wildman–Crippen LogP) is 2.43. The van der Waals surface area contributed by atoms with Crippen LogP contribution in [0.25, 0.3) is 0 Å². The van der Waals surface area contributed by atoms with Crippen molar-refractivity contribution in [2.75, 3.05) is 43.1 Å². The SMILES string of the molecule is COc1cccc(N2CCN(c3ncnc(C)c3C)CC2)c1. The number of ether oxygens (including phenoxy) is 1. The Morgan fingerprint density at radius 1 is 1.00 bits per heavy atom. The maximum Gasteiger partial charge on any atom is 0.135 e. The zero-order chi connectivity index (χ0) is 15.5. The number of hydrogen-bond acceptors (Lipinski definition) is 5. The molecule has 2 aromatic rings.